The predicted octanol–water partition coefficient (Wildman–Crippen LogP) is 3.68. The molecule has 1 atom stereocenters. The molecule has 0 bridgehead atoms. The van der Waals surface area contributed by atoms with Crippen molar-refractivity contribution in [2.75, 3.05) is 6.54 Å². The van der Waals surface area contributed by atoms with E-state index in [1.165, 1.54) is 0 Å². The molecule has 0 saturated carbocycles. The molecule has 23 heavy (non-hydrogen) atoms. The molecule has 2 aromatic heterocycles. The topological polar surface area (TPSA) is 72.4 Å². The molecule has 6 nitrogen and oxygen atoms in total. The smallest absolute Gasteiger partial charge is 0.290 e. The molecule has 124 valence electrons. The van der Waals surface area contributed by atoms with E-state index in [1.54, 1.807) is 11.0 Å². The molecule has 0 unspecified atom stereocenters. The van der Waals surface area contributed by atoms with E-state index in [4.69, 9.17) is 8.94 Å². The zero-order valence-corrected chi connectivity index (χ0v) is 13.7. The largest absolute Gasteiger partial charge is 0.456 e. The summed E-state index contributed by atoms with van der Waals surface area (Å²) in [5.41, 5.74) is 0. The molecule has 0 spiro atoms. The van der Waals surface area contributed by atoms with Crippen molar-refractivity contribution < 1.29 is 13.7 Å². The van der Waals surface area contributed by atoms with Crippen LogP contribution in [0.4, 0.5) is 0 Å². The van der Waals surface area contributed by atoms with Gasteiger partial charge in [-0.15, -0.1) is 0 Å². The molecule has 3 heterocycles. The van der Waals surface area contributed by atoms with Gasteiger partial charge in [0.25, 0.3) is 5.91 Å². The highest BCUT2D eigenvalue weighted by atomic mass is 16.5. The van der Waals surface area contributed by atoms with Gasteiger partial charge in [0, 0.05) is 13.0 Å². The summed E-state index contributed by atoms with van der Waals surface area (Å²) in [7, 11) is 0. The first-order valence-corrected chi connectivity index (χ1v) is 8.39. The highest BCUT2D eigenvalue weighted by molar-refractivity contribution is 5.91. The standard InChI is InChI=1S/C17H23N3O3/c1-3-4-8-15-18-16(23-19-15)13-7-5-6-11-20(13)17(21)14-10-9-12(2)22-14/h9-10,13H,3-8,11H2,1-2H3/t13-/m1/s1. The van der Waals surface area contributed by atoms with Crippen LogP contribution in [0, 0.1) is 6.92 Å². The minimum atomic E-state index is -0.149. The maximum atomic E-state index is 12.7. The molecule has 2 aromatic rings. The fourth-order valence-corrected chi connectivity index (χ4v) is 2.96. The molecular weight excluding hydrogens is 294 g/mol. The summed E-state index contributed by atoms with van der Waals surface area (Å²) in [4.78, 5) is 19.0. The number of rotatable bonds is 5. The van der Waals surface area contributed by atoms with Crippen LogP contribution in [0.15, 0.2) is 21.1 Å². The van der Waals surface area contributed by atoms with Gasteiger partial charge < -0.3 is 13.8 Å². The average Bonchev–Trinajstić information content (AvgIpc) is 3.21. The third kappa shape index (κ3) is 3.46. The lowest BCUT2D eigenvalue weighted by Crippen LogP contribution is -2.38. The number of aromatic nitrogens is 2. The summed E-state index contributed by atoms with van der Waals surface area (Å²) >= 11 is 0. The molecule has 0 aromatic carbocycles. The van der Waals surface area contributed by atoms with E-state index in [2.05, 4.69) is 17.1 Å². The van der Waals surface area contributed by atoms with Crippen LogP contribution in [0.3, 0.4) is 0 Å². The van der Waals surface area contributed by atoms with E-state index in [1.807, 2.05) is 13.0 Å². The molecule has 1 aliphatic rings. The number of furan rings is 1. The molecule has 0 N–H and O–H groups in total. The van der Waals surface area contributed by atoms with Gasteiger partial charge in [0.1, 0.15) is 11.8 Å². The number of hydrogen-bond donors (Lipinski definition) is 0. The Labute approximate surface area is 135 Å². The Balaban J connectivity index is 1.78. The van der Waals surface area contributed by atoms with Gasteiger partial charge in [0.2, 0.25) is 5.89 Å². The van der Waals surface area contributed by atoms with Crippen LogP contribution in [0.2, 0.25) is 0 Å². The van der Waals surface area contributed by atoms with Gasteiger partial charge in [-0.05, 0) is 44.7 Å². The third-order valence-corrected chi connectivity index (χ3v) is 4.24. The average molecular weight is 317 g/mol. The summed E-state index contributed by atoms with van der Waals surface area (Å²) in [6, 6.07) is 3.38. The zero-order valence-electron chi connectivity index (χ0n) is 13.7. The van der Waals surface area contributed by atoms with Crippen molar-refractivity contribution in [3.8, 4) is 0 Å². The van der Waals surface area contributed by atoms with Crippen LogP contribution in [-0.4, -0.2) is 27.5 Å². The van der Waals surface area contributed by atoms with Crippen LogP contribution < -0.4 is 0 Å². The number of nitrogens with zero attached hydrogens (tertiary/aromatic N) is 3. The Bertz CT molecular complexity index is 662. The third-order valence-electron chi connectivity index (χ3n) is 4.24. The molecule has 1 amide bonds. The van der Waals surface area contributed by atoms with Gasteiger partial charge >= 0.3 is 0 Å². The van der Waals surface area contributed by atoms with E-state index >= 15 is 0 Å². The van der Waals surface area contributed by atoms with Crippen LogP contribution in [-0.2, 0) is 6.42 Å². The van der Waals surface area contributed by atoms with E-state index in [9.17, 15) is 4.79 Å². The fraction of sp³-hybridized carbons (Fsp3) is 0.588. The summed E-state index contributed by atoms with van der Waals surface area (Å²) < 4.78 is 10.9. The lowest BCUT2D eigenvalue weighted by molar-refractivity contribution is 0.0528. The van der Waals surface area contributed by atoms with Gasteiger partial charge in [-0.2, -0.15) is 4.98 Å². The minimum absolute atomic E-state index is 0.101. The lowest BCUT2D eigenvalue weighted by Gasteiger charge is -2.32. The summed E-state index contributed by atoms with van der Waals surface area (Å²) in [6.45, 7) is 4.66. The molecule has 0 aliphatic carbocycles. The normalized spacial score (nSPS) is 18.3. The number of amides is 1. The van der Waals surface area contributed by atoms with Crippen LogP contribution in [0.1, 0.15) is 73.1 Å². The Morgan fingerprint density at radius 1 is 1.39 bits per heavy atom. The second kappa shape index (κ2) is 6.98. The molecule has 1 fully saturated rings. The van der Waals surface area contributed by atoms with Crippen molar-refractivity contribution in [3.05, 3.63) is 35.4 Å². The number of carbonyl (C=O) groups excluding carboxylic acids is 1. The van der Waals surface area contributed by atoms with Crippen molar-refractivity contribution in [1.29, 1.82) is 0 Å². The first-order valence-electron chi connectivity index (χ1n) is 8.39. The number of carbonyl (C=O) groups is 1. The van der Waals surface area contributed by atoms with Crippen LogP contribution in [0.5, 0.6) is 0 Å². The number of aryl methyl sites for hydroxylation is 2. The molecule has 3 rings (SSSR count). The SMILES string of the molecule is CCCCc1noc([C@H]2CCCCN2C(=O)c2ccc(C)o2)n1. The Hall–Kier alpha value is -2.11. The van der Waals surface area contributed by atoms with Gasteiger partial charge in [-0.25, -0.2) is 0 Å². The second-order valence-electron chi connectivity index (χ2n) is 6.07. The Morgan fingerprint density at radius 2 is 2.26 bits per heavy atom. The van der Waals surface area contributed by atoms with Crippen LogP contribution >= 0.6 is 0 Å². The van der Waals surface area contributed by atoms with E-state index in [-0.39, 0.29) is 11.9 Å². The quantitative estimate of drug-likeness (QED) is 0.841. The monoisotopic (exact) mass is 317 g/mol. The van der Waals surface area contributed by atoms with Crippen molar-refractivity contribution >= 4 is 5.91 Å². The first kappa shape index (κ1) is 15.8. The highest BCUT2D eigenvalue weighted by Gasteiger charge is 2.33. The molecule has 1 aliphatic heterocycles. The van der Waals surface area contributed by atoms with E-state index in [0.29, 0.717) is 18.2 Å². The first-order chi connectivity index (χ1) is 11.2. The highest BCUT2D eigenvalue weighted by Crippen LogP contribution is 2.31. The zero-order chi connectivity index (χ0) is 16.2. The number of piperidine rings is 1. The summed E-state index contributed by atoms with van der Waals surface area (Å²) in [6.07, 6.45) is 5.84. The van der Waals surface area contributed by atoms with Gasteiger partial charge in [0.05, 0.1) is 0 Å². The van der Waals surface area contributed by atoms with Gasteiger partial charge in [-0.1, -0.05) is 18.5 Å². The summed E-state index contributed by atoms with van der Waals surface area (Å²) in [5.74, 6) is 2.29. The van der Waals surface area contributed by atoms with Gasteiger partial charge in [-0.3, -0.25) is 4.79 Å². The second-order valence-corrected chi connectivity index (χ2v) is 6.07. The minimum Gasteiger partial charge on any atom is -0.456 e. The van der Waals surface area contributed by atoms with Crippen LogP contribution in [0.25, 0.3) is 0 Å². The van der Waals surface area contributed by atoms with Crippen molar-refractivity contribution in [1.82, 2.24) is 15.0 Å². The fourth-order valence-electron chi connectivity index (χ4n) is 2.96. The van der Waals surface area contributed by atoms with E-state index < -0.39 is 0 Å². The summed E-state index contributed by atoms with van der Waals surface area (Å²) in [5, 5.41) is 4.05. The molecule has 0 radical (unpaired) electrons. The molecule has 6 heteroatoms. The van der Waals surface area contributed by atoms with Crippen molar-refractivity contribution in [2.45, 2.75) is 58.4 Å². The van der Waals surface area contributed by atoms with Crippen molar-refractivity contribution in [3.63, 3.8) is 0 Å². The van der Waals surface area contributed by atoms with Gasteiger partial charge in [0.15, 0.2) is 11.6 Å². The lowest BCUT2D eigenvalue weighted by atomic mass is 10.0. The van der Waals surface area contributed by atoms with E-state index in [0.717, 1.165) is 50.1 Å². The number of likely N-dealkylation sites (tertiary alicyclic amines) is 1. The maximum absolute atomic E-state index is 12.7. The maximum Gasteiger partial charge on any atom is 0.290 e. The number of hydrogen-bond acceptors (Lipinski definition) is 5. The molecule has 1 saturated heterocycles. The number of unbranched alkanes of at least 4 members (excludes halogenated alkanes) is 1. The Morgan fingerprint density at radius 3 is 3.00 bits per heavy atom. The molecular formula is C17H23N3O3. The Kier molecular flexibility index (Phi) is 4.79. The van der Waals surface area contributed by atoms with Crippen molar-refractivity contribution in [2.24, 2.45) is 0 Å². The predicted molar refractivity (Wildman–Crippen MR) is 84.0 cm³/mol.